The van der Waals surface area contributed by atoms with Crippen molar-refractivity contribution in [3.63, 3.8) is 0 Å². The van der Waals surface area contributed by atoms with Gasteiger partial charge in [-0.25, -0.2) is 0 Å². The average molecular weight is 335 g/mol. The van der Waals surface area contributed by atoms with Crippen molar-refractivity contribution >= 4 is 5.97 Å². The van der Waals surface area contributed by atoms with Crippen molar-refractivity contribution < 1.29 is 19.7 Å². The van der Waals surface area contributed by atoms with Gasteiger partial charge in [-0.2, -0.15) is 0 Å². The summed E-state index contributed by atoms with van der Waals surface area (Å²) in [6, 6.07) is 0. The summed E-state index contributed by atoms with van der Waals surface area (Å²) in [4.78, 5) is 10.2. The average Bonchev–Trinajstić information content (AvgIpc) is 3.30. The third kappa shape index (κ3) is 11.2. The summed E-state index contributed by atoms with van der Waals surface area (Å²) in [5, 5.41) is 20.1. The number of carboxylic acid groups (broad SMARTS) is 1. The van der Waals surface area contributed by atoms with Crippen LogP contribution in [-0.4, -0.2) is 29.4 Å². The second-order valence-corrected chi connectivity index (χ2v) is 6.27. The molecule has 0 unspecified atom stereocenters. The lowest BCUT2D eigenvalue weighted by Crippen LogP contribution is -2.21. The zero-order valence-electron chi connectivity index (χ0n) is 14.7. The van der Waals surface area contributed by atoms with Gasteiger partial charge in [0.05, 0.1) is 12.2 Å². The number of rotatable bonds is 14. The fraction of sp³-hybridized carbons (Fsp3) is 0.650. The minimum absolute atomic E-state index is 0.114. The molecule has 0 bridgehead atoms. The molecule has 1 saturated heterocycles. The van der Waals surface area contributed by atoms with Gasteiger partial charge in [0.2, 0.25) is 0 Å². The van der Waals surface area contributed by atoms with Crippen molar-refractivity contribution in [1.29, 1.82) is 0 Å². The maximum absolute atomic E-state index is 10.2. The molecule has 0 spiro atoms. The van der Waals surface area contributed by atoms with E-state index in [2.05, 4.69) is 6.92 Å². The quantitative estimate of drug-likeness (QED) is 0.301. The van der Waals surface area contributed by atoms with E-state index in [4.69, 9.17) is 4.74 Å². The van der Waals surface area contributed by atoms with Crippen LogP contribution < -0.4 is 5.11 Å². The Morgan fingerprint density at radius 2 is 2.00 bits per heavy atom. The van der Waals surface area contributed by atoms with Gasteiger partial charge in [-0.1, -0.05) is 62.6 Å². The Labute approximate surface area is 145 Å². The van der Waals surface area contributed by atoms with E-state index >= 15 is 0 Å². The minimum Gasteiger partial charge on any atom is -0.550 e. The molecule has 1 aliphatic rings. The molecule has 1 aliphatic heterocycles. The van der Waals surface area contributed by atoms with Gasteiger partial charge in [-0.3, -0.25) is 0 Å². The molecule has 24 heavy (non-hydrogen) atoms. The number of aliphatic carboxylic acids is 1. The zero-order valence-corrected chi connectivity index (χ0v) is 14.7. The van der Waals surface area contributed by atoms with Crippen LogP contribution in [0.3, 0.4) is 0 Å². The molecule has 0 aromatic rings. The third-order valence-corrected chi connectivity index (χ3v) is 3.97. The summed E-state index contributed by atoms with van der Waals surface area (Å²) in [5.74, 6) is -0.991. The zero-order chi connectivity index (χ0) is 17.6. The van der Waals surface area contributed by atoms with Crippen molar-refractivity contribution in [3.8, 4) is 0 Å². The highest BCUT2D eigenvalue weighted by Gasteiger charge is 2.35. The van der Waals surface area contributed by atoms with Crippen LogP contribution in [0, 0.1) is 0 Å². The minimum atomic E-state index is -0.991. The number of carbonyl (C=O) groups is 1. The van der Waals surface area contributed by atoms with Gasteiger partial charge in [-0.05, 0) is 38.5 Å². The lowest BCUT2D eigenvalue weighted by atomic mass is 10.1. The van der Waals surface area contributed by atoms with Crippen LogP contribution in [0.1, 0.15) is 64.7 Å². The second kappa shape index (κ2) is 13.0. The van der Waals surface area contributed by atoms with Gasteiger partial charge in [0.25, 0.3) is 0 Å². The Morgan fingerprint density at radius 1 is 1.21 bits per heavy atom. The summed E-state index contributed by atoms with van der Waals surface area (Å²) >= 11 is 0. The number of epoxide rings is 1. The molecule has 1 rings (SSSR count). The molecule has 0 aromatic carbocycles. The summed E-state index contributed by atoms with van der Waals surface area (Å²) in [5.41, 5.74) is 0. The number of allylic oxidation sites excluding steroid dienone is 3. The molecule has 1 N–H and O–H groups in total. The molecule has 0 aromatic heterocycles. The first-order valence-electron chi connectivity index (χ1n) is 9.15. The van der Waals surface area contributed by atoms with Crippen molar-refractivity contribution in [3.05, 3.63) is 36.5 Å². The highest BCUT2D eigenvalue weighted by atomic mass is 16.6. The van der Waals surface area contributed by atoms with Crippen LogP contribution in [0.25, 0.3) is 0 Å². The smallest absolute Gasteiger partial charge is 0.102 e. The number of ether oxygens (including phenoxy) is 1. The summed E-state index contributed by atoms with van der Waals surface area (Å²) in [6.45, 7) is 2.20. The van der Waals surface area contributed by atoms with E-state index in [-0.39, 0.29) is 12.5 Å². The Bertz CT molecular complexity index is 425. The SMILES string of the molecule is CCCCC[C@@H]1O[C@H]1/C=C/[C@@H](O)C/C=C\C/C=C\CCCC(=O)[O-]. The van der Waals surface area contributed by atoms with E-state index in [0.717, 1.165) is 19.3 Å². The number of carboxylic acids is 1. The molecule has 0 saturated carbocycles. The van der Waals surface area contributed by atoms with E-state index < -0.39 is 12.1 Å². The van der Waals surface area contributed by atoms with Crippen LogP contribution >= 0.6 is 0 Å². The number of hydrogen-bond acceptors (Lipinski definition) is 4. The van der Waals surface area contributed by atoms with Gasteiger partial charge in [0.15, 0.2) is 0 Å². The van der Waals surface area contributed by atoms with Crippen LogP contribution in [0.4, 0.5) is 0 Å². The first kappa shape index (κ1) is 20.7. The molecule has 0 radical (unpaired) electrons. The Balaban J connectivity index is 2.01. The van der Waals surface area contributed by atoms with E-state index in [1.807, 2.05) is 36.5 Å². The molecule has 4 nitrogen and oxygen atoms in total. The predicted molar refractivity (Wildman–Crippen MR) is 94.3 cm³/mol. The Hall–Kier alpha value is -1.39. The molecule has 0 amide bonds. The fourth-order valence-electron chi connectivity index (χ4n) is 2.46. The van der Waals surface area contributed by atoms with Crippen molar-refractivity contribution in [2.45, 2.75) is 83.0 Å². The van der Waals surface area contributed by atoms with Crippen LogP contribution in [0.5, 0.6) is 0 Å². The van der Waals surface area contributed by atoms with Crippen LogP contribution in [0.15, 0.2) is 36.5 Å². The van der Waals surface area contributed by atoms with E-state index in [0.29, 0.717) is 18.9 Å². The first-order valence-corrected chi connectivity index (χ1v) is 9.15. The highest BCUT2D eigenvalue weighted by molar-refractivity contribution is 5.64. The summed E-state index contributed by atoms with van der Waals surface area (Å²) in [6.07, 6.45) is 19.6. The number of carbonyl (C=O) groups excluding carboxylic acids is 1. The van der Waals surface area contributed by atoms with Crippen molar-refractivity contribution in [2.75, 3.05) is 0 Å². The summed E-state index contributed by atoms with van der Waals surface area (Å²) in [7, 11) is 0. The normalized spacial score (nSPS) is 21.9. The van der Waals surface area contributed by atoms with Crippen molar-refractivity contribution in [2.24, 2.45) is 0 Å². The topological polar surface area (TPSA) is 72.9 Å². The van der Waals surface area contributed by atoms with Gasteiger partial charge in [0, 0.05) is 5.97 Å². The second-order valence-electron chi connectivity index (χ2n) is 6.27. The first-order chi connectivity index (χ1) is 11.6. The standard InChI is InChI=1S/C20H32O4/c1-2-3-9-13-18-19(24-18)16-15-17(21)12-10-7-5-4-6-8-11-14-20(22)23/h4,6-7,10,15-19,21H,2-3,5,8-9,11-14H2,1H3,(H,22,23)/p-1/b6-4-,10-7-,16-15+/t17-,18-,19-/m0/s1. The molecule has 1 fully saturated rings. The molecular weight excluding hydrogens is 304 g/mol. The van der Waals surface area contributed by atoms with Gasteiger partial charge in [0.1, 0.15) is 6.10 Å². The van der Waals surface area contributed by atoms with Crippen molar-refractivity contribution in [1.82, 2.24) is 0 Å². The molecule has 0 aliphatic carbocycles. The monoisotopic (exact) mass is 335 g/mol. The third-order valence-electron chi connectivity index (χ3n) is 3.97. The lowest BCUT2D eigenvalue weighted by Gasteiger charge is -1.99. The Kier molecular flexibility index (Phi) is 11.2. The largest absolute Gasteiger partial charge is 0.550 e. The predicted octanol–water partition coefficient (Wildman–Crippen LogP) is 3.06. The molecule has 4 heteroatoms. The number of aliphatic hydroxyl groups excluding tert-OH is 1. The number of hydrogen-bond donors (Lipinski definition) is 1. The van der Waals surface area contributed by atoms with E-state index in [9.17, 15) is 15.0 Å². The molecule has 136 valence electrons. The fourth-order valence-corrected chi connectivity index (χ4v) is 2.46. The molecule has 3 atom stereocenters. The maximum Gasteiger partial charge on any atom is 0.102 e. The van der Waals surface area contributed by atoms with E-state index in [1.54, 1.807) is 0 Å². The van der Waals surface area contributed by atoms with Gasteiger partial charge >= 0.3 is 0 Å². The number of aliphatic hydroxyl groups is 1. The van der Waals surface area contributed by atoms with E-state index in [1.165, 1.54) is 19.3 Å². The maximum atomic E-state index is 10.2. The highest BCUT2D eigenvalue weighted by Crippen LogP contribution is 2.28. The van der Waals surface area contributed by atoms with Crippen LogP contribution in [0.2, 0.25) is 0 Å². The lowest BCUT2D eigenvalue weighted by molar-refractivity contribution is -0.305. The summed E-state index contributed by atoms with van der Waals surface area (Å²) < 4.78 is 5.55. The van der Waals surface area contributed by atoms with Crippen LogP contribution in [-0.2, 0) is 9.53 Å². The van der Waals surface area contributed by atoms with Gasteiger partial charge < -0.3 is 19.7 Å². The van der Waals surface area contributed by atoms with Gasteiger partial charge in [-0.15, -0.1) is 0 Å². The Morgan fingerprint density at radius 3 is 2.75 bits per heavy atom. The molecular formula is C20H31O4-. The molecule has 1 heterocycles. The number of unbranched alkanes of at least 4 members (excludes halogenated alkanes) is 3.